The van der Waals surface area contributed by atoms with Crippen LogP contribution in [0.2, 0.25) is 0 Å². The summed E-state index contributed by atoms with van der Waals surface area (Å²) in [5, 5.41) is 34.5. The fraction of sp³-hybridized carbons (Fsp3) is 0.695. The summed E-state index contributed by atoms with van der Waals surface area (Å²) in [5.74, 6) is -6.25. The first-order valence-corrected chi connectivity index (χ1v) is 27.2. The molecule has 1 aromatic rings. The molecule has 0 spiro atoms. The molecular formula is C59H90N2O12. The van der Waals surface area contributed by atoms with Gasteiger partial charge in [0.2, 0.25) is 5.79 Å². The first-order valence-electron chi connectivity index (χ1n) is 27.2. The van der Waals surface area contributed by atoms with E-state index >= 15 is 0 Å². The van der Waals surface area contributed by atoms with E-state index in [0.29, 0.717) is 95.8 Å². The van der Waals surface area contributed by atoms with Crippen LogP contribution in [0.5, 0.6) is 0 Å². The fourth-order valence-corrected chi connectivity index (χ4v) is 11.7. The number of carbonyl (C=O) groups excluding carboxylic acids is 4. The Kier molecular flexibility index (Phi) is 23.6. The third kappa shape index (κ3) is 16.2. The number of esters is 1. The van der Waals surface area contributed by atoms with E-state index in [1.165, 1.54) is 12.0 Å². The largest absolute Gasteiger partial charge is 0.461 e. The van der Waals surface area contributed by atoms with Crippen molar-refractivity contribution in [1.82, 2.24) is 4.90 Å². The smallest absolute Gasteiger partial charge is 0.329 e. The Morgan fingerprint density at radius 1 is 0.822 bits per heavy atom. The Balaban J connectivity index is 1.52. The number of carbonyl (C=O) groups is 4. The molecule has 0 unspecified atom stereocenters. The molecule has 408 valence electrons. The van der Waals surface area contributed by atoms with Gasteiger partial charge >= 0.3 is 5.97 Å². The number of para-hydroxylation sites is 1. The van der Waals surface area contributed by atoms with Gasteiger partial charge in [0.25, 0.3) is 11.7 Å². The molecule has 1 amide bonds. The van der Waals surface area contributed by atoms with Gasteiger partial charge in [0, 0.05) is 51.9 Å². The number of nitrogens with zero attached hydrogens (tertiary/aromatic N) is 2. The topological polar surface area (TPSA) is 182 Å². The van der Waals surface area contributed by atoms with Crippen molar-refractivity contribution in [3.05, 3.63) is 77.9 Å². The van der Waals surface area contributed by atoms with E-state index in [9.17, 15) is 34.5 Å². The Hall–Kier alpha value is -4.02. The number of rotatable bonds is 10. The van der Waals surface area contributed by atoms with E-state index in [4.69, 9.17) is 23.7 Å². The van der Waals surface area contributed by atoms with E-state index in [1.54, 1.807) is 28.1 Å². The van der Waals surface area contributed by atoms with E-state index in [-0.39, 0.29) is 54.1 Å². The van der Waals surface area contributed by atoms with Crippen LogP contribution in [0.25, 0.3) is 0 Å². The van der Waals surface area contributed by atoms with Crippen LogP contribution >= 0.6 is 0 Å². The Morgan fingerprint density at radius 3 is 2.26 bits per heavy atom. The molecule has 5 rings (SSSR count). The Morgan fingerprint density at radius 2 is 1.56 bits per heavy atom. The van der Waals surface area contributed by atoms with Gasteiger partial charge in [-0.2, -0.15) is 0 Å². The number of ether oxygens (including phenoxy) is 5. The van der Waals surface area contributed by atoms with Crippen LogP contribution in [0.4, 0.5) is 5.69 Å². The average molecular weight is 1020 g/mol. The lowest BCUT2D eigenvalue weighted by Crippen LogP contribution is -2.61. The molecule has 0 radical (unpaired) electrons. The summed E-state index contributed by atoms with van der Waals surface area (Å²) in [6, 6.07) is 8.68. The predicted molar refractivity (Wildman–Crippen MR) is 283 cm³/mol. The van der Waals surface area contributed by atoms with Crippen LogP contribution in [0.3, 0.4) is 0 Å². The molecule has 15 atom stereocenters. The molecule has 1 saturated carbocycles. The van der Waals surface area contributed by atoms with Gasteiger partial charge in [-0.05, 0) is 139 Å². The molecule has 0 aromatic heterocycles. The second-order valence-electron chi connectivity index (χ2n) is 22.0. The maximum absolute atomic E-state index is 14.6. The van der Waals surface area contributed by atoms with Gasteiger partial charge in [0.1, 0.15) is 24.4 Å². The highest BCUT2D eigenvalue weighted by molar-refractivity contribution is 6.39. The Bertz CT molecular complexity index is 2060. The highest BCUT2D eigenvalue weighted by Gasteiger charge is 2.53. The molecule has 73 heavy (non-hydrogen) atoms. The molecule has 3 N–H and O–H groups in total. The van der Waals surface area contributed by atoms with Crippen LogP contribution < -0.4 is 4.90 Å². The van der Waals surface area contributed by atoms with Gasteiger partial charge in [-0.1, -0.05) is 94.8 Å². The van der Waals surface area contributed by atoms with Crippen LogP contribution in [0, 0.1) is 35.5 Å². The molecule has 4 aliphatic rings. The molecule has 3 heterocycles. The number of hydrogen-bond acceptors (Lipinski definition) is 13. The highest BCUT2D eigenvalue weighted by Crippen LogP contribution is 2.39. The van der Waals surface area contributed by atoms with E-state index in [2.05, 4.69) is 24.8 Å². The first kappa shape index (κ1) is 59.9. The van der Waals surface area contributed by atoms with Gasteiger partial charge in [-0.25, -0.2) is 4.79 Å². The van der Waals surface area contributed by atoms with Gasteiger partial charge in [-0.15, -0.1) is 0 Å². The van der Waals surface area contributed by atoms with Crippen molar-refractivity contribution in [3.8, 4) is 0 Å². The number of amides is 1. The minimum absolute atomic E-state index is 0.0434. The summed E-state index contributed by atoms with van der Waals surface area (Å²) in [6.07, 6.45) is 15.0. The SMILES string of the molecule is COCCN(c1ccccc1)[C@H]1C[C@@H]2CC[C@@H](C)[C@@](O)(O2)C(=O)C(=O)N2CCCC[C@H]2C(=O)O[C@H]([C@H](C)C[C@H]2CC[C@@H](O)[C@H](OC)C2)CC[C@H](C)/C=C(\C)[C@@H](O)[C@@H](OC)C(=O)[C@H](C)C[C@H](C)/C=C/C=C/C=C/1C. The van der Waals surface area contributed by atoms with Crippen molar-refractivity contribution in [2.24, 2.45) is 35.5 Å². The summed E-state index contributed by atoms with van der Waals surface area (Å²) < 4.78 is 29.9. The molecule has 3 fully saturated rings. The normalized spacial score (nSPS) is 37.2. The minimum Gasteiger partial charge on any atom is -0.461 e. The Labute approximate surface area is 436 Å². The summed E-state index contributed by atoms with van der Waals surface area (Å²) in [4.78, 5) is 61.2. The molecule has 2 saturated heterocycles. The molecule has 1 aromatic carbocycles. The van der Waals surface area contributed by atoms with Gasteiger partial charge in [-0.3, -0.25) is 14.4 Å². The molecule has 1 aliphatic carbocycles. The zero-order chi connectivity index (χ0) is 53.4. The third-order valence-electron chi connectivity index (χ3n) is 16.3. The molecule has 14 heteroatoms. The minimum atomic E-state index is -2.42. The van der Waals surface area contributed by atoms with Gasteiger partial charge < -0.3 is 48.8 Å². The van der Waals surface area contributed by atoms with Crippen LogP contribution in [0.15, 0.2) is 77.9 Å². The summed E-state index contributed by atoms with van der Waals surface area (Å²) >= 11 is 0. The van der Waals surface area contributed by atoms with Gasteiger partial charge in [0.05, 0.1) is 31.0 Å². The zero-order valence-corrected chi connectivity index (χ0v) is 45.7. The number of piperidine rings is 1. The summed E-state index contributed by atoms with van der Waals surface area (Å²) in [5.41, 5.74) is 2.57. The standard InChI is InChI=1S/C59H90N2O12/c1-38-19-13-11-14-20-40(3)49(60(31-32-69-8)46-21-15-12-16-22-46)37-47-27-25-44(7)59(68,73-47)56(65)57(66)61-30-18-17-23-48(61)58(67)72-51(41(4)35-45-26-28-50(62)52(36-45)70-9)29-24-39(2)34-43(6)54(64)55(71-10)53(63)42(5)33-38/h11-16,19-22,34,38-39,41-42,44-45,47-52,54-55,62,64,68H,17-18,23-33,35-37H2,1-10H3/b14-11+,19-13+,40-20+,43-34+/t38-,39+,41-,42-,44-,45-,47+,48+,49+,50-,51+,52-,54-,55+,59-/m1/s1. The number of aliphatic hydroxyl groups excluding tert-OH is 2. The maximum atomic E-state index is 14.6. The number of allylic oxidation sites excluding steroid dienone is 6. The lowest BCUT2D eigenvalue weighted by Gasteiger charge is -2.44. The van der Waals surface area contributed by atoms with E-state index in [0.717, 1.165) is 17.7 Å². The number of benzene rings is 1. The third-order valence-corrected chi connectivity index (χ3v) is 16.3. The van der Waals surface area contributed by atoms with Crippen molar-refractivity contribution in [2.75, 3.05) is 45.9 Å². The quantitative estimate of drug-likeness (QED) is 0.115. The monoisotopic (exact) mass is 1020 g/mol. The number of anilines is 1. The molecule has 2 bridgehead atoms. The number of aliphatic hydroxyl groups is 3. The maximum Gasteiger partial charge on any atom is 0.329 e. The van der Waals surface area contributed by atoms with Crippen molar-refractivity contribution >= 4 is 29.1 Å². The van der Waals surface area contributed by atoms with Gasteiger partial charge in [0.15, 0.2) is 5.78 Å². The van der Waals surface area contributed by atoms with Crippen molar-refractivity contribution in [2.45, 2.75) is 186 Å². The predicted octanol–water partition coefficient (Wildman–Crippen LogP) is 8.51. The first-order chi connectivity index (χ1) is 34.8. The number of fused-ring (bicyclic) bond motifs is 3. The second-order valence-corrected chi connectivity index (χ2v) is 22.0. The average Bonchev–Trinajstić information content (AvgIpc) is 3.38. The summed E-state index contributed by atoms with van der Waals surface area (Å²) in [7, 11) is 4.72. The lowest BCUT2D eigenvalue weighted by atomic mass is 9.78. The zero-order valence-electron chi connectivity index (χ0n) is 45.7. The number of Topliss-reactive ketones (excluding diaryl/α,β-unsaturated/α-hetero) is 2. The van der Waals surface area contributed by atoms with Crippen molar-refractivity contribution in [3.63, 3.8) is 0 Å². The summed E-state index contributed by atoms with van der Waals surface area (Å²) in [6.45, 7) is 14.7. The van der Waals surface area contributed by atoms with Crippen molar-refractivity contribution in [1.29, 1.82) is 0 Å². The molecule has 3 aliphatic heterocycles. The highest BCUT2D eigenvalue weighted by atomic mass is 16.6. The van der Waals surface area contributed by atoms with E-state index in [1.807, 2.05) is 81.5 Å². The van der Waals surface area contributed by atoms with Crippen molar-refractivity contribution < 1.29 is 58.2 Å². The van der Waals surface area contributed by atoms with Crippen LogP contribution in [-0.4, -0.2) is 139 Å². The van der Waals surface area contributed by atoms with Crippen LogP contribution in [-0.2, 0) is 42.9 Å². The molecule has 14 nitrogen and oxygen atoms in total. The van der Waals surface area contributed by atoms with E-state index < -0.39 is 65.9 Å². The second kappa shape index (κ2) is 28.8. The number of hydrogen-bond donors (Lipinski definition) is 3. The number of cyclic esters (lactones) is 1. The fourth-order valence-electron chi connectivity index (χ4n) is 11.7. The lowest BCUT2D eigenvalue weighted by molar-refractivity contribution is -0.263. The number of methoxy groups -OCH3 is 3. The van der Waals surface area contributed by atoms with Crippen LogP contribution in [0.1, 0.15) is 132 Å². The number of ketones is 2. The molecular weight excluding hydrogens is 929 g/mol.